The Morgan fingerprint density at radius 2 is 1.40 bits per heavy atom. The molecule has 0 heterocycles. The summed E-state index contributed by atoms with van der Waals surface area (Å²) in [5.41, 5.74) is 0.0767. The van der Waals surface area contributed by atoms with Crippen LogP contribution in [0.2, 0.25) is 0 Å². The molecular weight excluding hydrogens is 291 g/mol. The first-order valence-corrected chi connectivity index (χ1v) is 7.07. The van der Waals surface area contributed by atoms with Gasteiger partial charge in [0.05, 0.1) is 0 Å². The fourth-order valence-electron chi connectivity index (χ4n) is 1.63. The van der Waals surface area contributed by atoms with E-state index in [1.807, 2.05) is 4.72 Å². The van der Waals surface area contributed by atoms with Crippen molar-refractivity contribution in [3.63, 3.8) is 0 Å². The summed E-state index contributed by atoms with van der Waals surface area (Å²) in [7, 11) is -4.40. The van der Waals surface area contributed by atoms with Crippen LogP contribution in [-0.4, -0.2) is 8.42 Å². The van der Waals surface area contributed by atoms with Gasteiger partial charge < -0.3 is 0 Å². The molecule has 0 aromatic heterocycles. The Morgan fingerprint density at radius 1 is 0.850 bits per heavy atom. The van der Waals surface area contributed by atoms with Crippen LogP contribution in [0.1, 0.15) is 5.56 Å². The molecule has 0 saturated carbocycles. The lowest BCUT2D eigenvalue weighted by Crippen LogP contribution is -2.25. The third-order valence-electron chi connectivity index (χ3n) is 2.60. The van der Waals surface area contributed by atoms with Crippen molar-refractivity contribution in [2.45, 2.75) is 11.4 Å². The molecule has 0 radical (unpaired) electrons. The zero-order chi connectivity index (χ0) is 14.8. The largest absolute Gasteiger partial charge is 0.246 e. The normalized spacial score (nSPS) is 11.6. The van der Waals surface area contributed by atoms with Crippen molar-refractivity contribution in [3.05, 3.63) is 65.5 Å². The number of nitrogens with one attached hydrogen (secondary N) is 1. The maximum Gasteiger partial charge on any atom is 0.246 e. The number of sulfonamides is 1. The van der Waals surface area contributed by atoms with Gasteiger partial charge in [0.15, 0.2) is 4.90 Å². The summed E-state index contributed by atoms with van der Waals surface area (Å²) >= 11 is 0. The van der Waals surface area contributed by atoms with Crippen LogP contribution >= 0.6 is 0 Å². The van der Waals surface area contributed by atoms with Gasteiger partial charge in [-0.2, -0.15) is 0 Å². The Bertz CT molecular complexity index is 712. The first-order valence-electron chi connectivity index (χ1n) is 5.59. The average molecular weight is 301 g/mol. The molecule has 0 aliphatic heterocycles. The highest BCUT2D eigenvalue weighted by molar-refractivity contribution is 7.89. The molecule has 2 rings (SSSR count). The molecule has 0 unspecified atom stereocenters. The van der Waals surface area contributed by atoms with Gasteiger partial charge in [-0.25, -0.2) is 26.3 Å². The van der Waals surface area contributed by atoms with Crippen LogP contribution in [0.4, 0.5) is 13.2 Å². The second kappa shape index (κ2) is 5.64. The van der Waals surface area contributed by atoms with Gasteiger partial charge in [-0.1, -0.05) is 24.3 Å². The van der Waals surface area contributed by atoms with E-state index in [2.05, 4.69) is 0 Å². The molecule has 106 valence electrons. The third-order valence-corrected chi connectivity index (χ3v) is 4.05. The molecule has 0 aliphatic rings. The van der Waals surface area contributed by atoms with Gasteiger partial charge in [-0.3, -0.25) is 0 Å². The molecule has 2 aromatic rings. The molecule has 0 amide bonds. The first-order chi connectivity index (χ1) is 9.42. The smallest absolute Gasteiger partial charge is 0.207 e. The van der Waals surface area contributed by atoms with Crippen LogP contribution in [0.3, 0.4) is 0 Å². The summed E-state index contributed by atoms with van der Waals surface area (Å²) in [5.74, 6) is -3.01. The lowest BCUT2D eigenvalue weighted by molar-refractivity contribution is 0.513. The van der Waals surface area contributed by atoms with Crippen LogP contribution in [0.15, 0.2) is 47.4 Å². The van der Waals surface area contributed by atoms with Crippen LogP contribution in [-0.2, 0) is 16.6 Å². The Hall–Kier alpha value is -1.86. The molecule has 0 saturated heterocycles. The van der Waals surface area contributed by atoms with Gasteiger partial charge in [-0.15, -0.1) is 0 Å². The Morgan fingerprint density at radius 3 is 2.00 bits per heavy atom. The van der Waals surface area contributed by atoms with Crippen molar-refractivity contribution in [1.82, 2.24) is 4.72 Å². The Kier molecular flexibility index (Phi) is 4.10. The summed E-state index contributed by atoms with van der Waals surface area (Å²) in [5, 5.41) is 0. The SMILES string of the molecule is O=S(=O)(NCc1ccccc1F)c1c(F)cccc1F. The van der Waals surface area contributed by atoms with E-state index in [9.17, 15) is 21.6 Å². The molecule has 2 aromatic carbocycles. The van der Waals surface area contributed by atoms with Gasteiger partial charge >= 0.3 is 0 Å². The van der Waals surface area contributed by atoms with Crippen molar-refractivity contribution in [2.75, 3.05) is 0 Å². The van der Waals surface area contributed by atoms with E-state index < -0.39 is 38.9 Å². The van der Waals surface area contributed by atoms with E-state index in [0.29, 0.717) is 0 Å². The fraction of sp³-hybridized carbons (Fsp3) is 0.0769. The molecule has 1 N–H and O–H groups in total. The maximum absolute atomic E-state index is 13.4. The second-order valence-electron chi connectivity index (χ2n) is 3.97. The molecule has 7 heteroatoms. The molecule has 0 fully saturated rings. The van der Waals surface area contributed by atoms with Crippen molar-refractivity contribution in [1.29, 1.82) is 0 Å². The number of hydrogen-bond donors (Lipinski definition) is 1. The van der Waals surface area contributed by atoms with E-state index in [1.165, 1.54) is 18.2 Å². The predicted octanol–water partition coefficient (Wildman–Crippen LogP) is 2.58. The standard InChI is InChI=1S/C13H10F3NO2S/c14-10-5-2-1-4-9(10)8-17-20(18,19)13-11(15)6-3-7-12(13)16/h1-7,17H,8H2. The highest BCUT2D eigenvalue weighted by Crippen LogP contribution is 2.18. The van der Waals surface area contributed by atoms with Crippen molar-refractivity contribution in [2.24, 2.45) is 0 Å². The molecule has 0 aliphatic carbocycles. The lowest BCUT2D eigenvalue weighted by atomic mass is 10.2. The molecule has 20 heavy (non-hydrogen) atoms. The van der Waals surface area contributed by atoms with E-state index in [0.717, 1.165) is 24.3 Å². The highest BCUT2D eigenvalue weighted by Gasteiger charge is 2.23. The van der Waals surface area contributed by atoms with Gasteiger partial charge in [0.1, 0.15) is 17.5 Å². The van der Waals surface area contributed by atoms with Gasteiger partial charge in [0.2, 0.25) is 10.0 Å². The second-order valence-corrected chi connectivity index (χ2v) is 5.67. The Balaban J connectivity index is 2.27. The number of halogens is 3. The number of benzene rings is 2. The minimum Gasteiger partial charge on any atom is -0.207 e. The number of hydrogen-bond acceptors (Lipinski definition) is 2. The van der Waals surface area contributed by atoms with Crippen molar-refractivity contribution in [3.8, 4) is 0 Å². The summed E-state index contributed by atoms with van der Waals surface area (Å²) in [6.07, 6.45) is 0. The predicted molar refractivity (Wildman–Crippen MR) is 66.8 cm³/mol. The van der Waals surface area contributed by atoms with Gasteiger partial charge in [0, 0.05) is 12.1 Å². The van der Waals surface area contributed by atoms with Gasteiger partial charge in [-0.05, 0) is 18.2 Å². The lowest BCUT2D eigenvalue weighted by Gasteiger charge is -2.09. The molecule has 0 bridgehead atoms. The average Bonchev–Trinajstić information content (AvgIpc) is 2.37. The van der Waals surface area contributed by atoms with E-state index in [4.69, 9.17) is 0 Å². The molecule has 0 spiro atoms. The molecule has 3 nitrogen and oxygen atoms in total. The van der Waals surface area contributed by atoms with Crippen molar-refractivity contribution < 1.29 is 21.6 Å². The zero-order valence-electron chi connectivity index (χ0n) is 10.1. The summed E-state index contributed by atoms with van der Waals surface area (Å²) in [4.78, 5) is -1.07. The monoisotopic (exact) mass is 301 g/mol. The minimum absolute atomic E-state index is 0.0767. The van der Waals surface area contributed by atoms with E-state index >= 15 is 0 Å². The quantitative estimate of drug-likeness (QED) is 0.943. The van der Waals surface area contributed by atoms with Crippen LogP contribution in [0, 0.1) is 17.5 Å². The zero-order valence-corrected chi connectivity index (χ0v) is 10.9. The summed E-state index contributed by atoms with van der Waals surface area (Å²) < 4.78 is 65.8. The minimum atomic E-state index is -4.40. The summed E-state index contributed by atoms with van der Waals surface area (Å²) in [6.45, 7) is -0.400. The maximum atomic E-state index is 13.4. The Labute approximate surface area is 114 Å². The van der Waals surface area contributed by atoms with Crippen molar-refractivity contribution >= 4 is 10.0 Å². The van der Waals surface area contributed by atoms with E-state index in [-0.39, 0.29) is 5.56 Å². The van der Waals surface area contributed by atoms with Crippen LogP contribution in [0.5, 0.6) is 0 Å². The number of rotatable bonds is 4. The van der Waals surface area contributed by atoms with Crippen LogP contribution in [0.25, 0.3) is 0 Å². The first kappa shape index (κ1) is 14.5. The van der Waals surface area contributed by atoms with Crippen LogP contribution < -0.4 is 4.72 Å². The topological polar surface area (TPSA) is 46.2 Å². The molecule has 0 atom stereocenters. The van der Waals surface area contributed by atoms with E-state index in [1.54, 1.807) is 0 Å². The molecular formula is C13H10F3NO2S. The fourth-order valence-corrected chi connectivity index (χ4v) is 2.77. The highest BCUT2D eigenvalue weighted by atomic mass is 32.2. The summed E-state index contributed by atoms with van der Waals surface area (Å²) in [6, 6.07) is 8.23. The van der Waals surface area contributed by atoms with Gasteiger partial charge in [0.25, 0.3) is 0 Å². The third kappa shape index (κ3) is 3.00.